The van der Waals surface area contributed by atoms with Gasteiger partial charge in [0.2, 0.25) is 0 Å². The van der Waals surface area contributed by atoms with Crippen molar-refractivity contribution in [1.82, 2.24) is 5.32 Å². The summed E-state index contributed by atoms with van der Waals surface area (Å²) < 4.78 is 9.84. The predicted octanol–water partition coefficient (Wildman–Crippen LogP) is 2.58. The van der Waals surface area contributed by atoms with Crippen molar-refractivity contribution in [2.75, 3.05) is 13.2 Å². The Morgan fingerprint density at radius 1 is 1.26 bits per heavy atom. The maximum Gasteiger partial charge on any atom is 0.407 e. The van der Waals surface area contributed by atoms with Crippen LogP contribution < -0.4 is 5.32 Å². The fourth-order valence-corrected chi connectivity index (χ4v) is 1.12. The molecule has 0 unspecified atom stereocenters. The lowest BCUT2D eigenvalue weighted by Gasteiger charge is -2.19. The third kappa shape index (κ3) is 11.1. The number of esters is 1. The fraction of sp³-hybridized carbons (Fsp3) is 0.571. The lowest BCUT2D eigenvalue weighted by molar-refractivity contribution is -0.137. The van der Waals surface area contributed by atoms with Crippen LogP contribution in [0, 0.1) is 0 Å². The van der Waals surface area contributed by atoms with Crippen LogP contribution in [-0.2, 0) is 14.3 Å². The van der Waals surface area contributed by atoms with Crippen molar-refractivity contribution in [2.45, 2.75) is 40.2 Å². The standard InChI is InChI=1S/C14H23NO4/c1-6-18-12(16)10-11(2)8-7-9-15-13(17)19-14(3,4)5/h7-8,10H,6,9H2,1-5H3,(H,15,17)/b8-7+,11-10+. The van der Waals surface area contributed by atoms with Gasteiger partial charge in [0, 0.05) is 12.6 Å². The number of hydrogen-bond donors (Lipinski definition) is 1. The van der Waals surface area contributed by atoms with E-state index >= 15 is 0 Å². The molecule has 0 fully saturated rings. The third-order valence-corrected chi connectivity index (χ3v) is 1.78. The summed E-state index contributed by atoms with van der Waals surface area (Å²) in [4.78, 5) is 22.4. The molecule has 0 bridgehead atoms. The predicted molar refractivity (Wildman–Crippen MR) is 73.8 cm³/mol. The summed E-state index contributed by atoms with van der Waals surface area (Å²) in [5.41, 5.74) is 0.248. The van der Waals surface area contributed by atoms with Gasteiger partial charge in [-0.2, -0.15) is 0 Å². The van der Waals surface area contributed by atoms with Gasteiger partial charge in [-0.25, -0.2) is 9.59 Å². The van der Waals surface area contributed by atoms with Crippen LogP contribution in [0.15, 0.2) is 23.8 Å². The lowest BCUT2D eigenvalue weighted by Crippen LogP contribution is -2.32. The summed E-state index contributed by atoms with van der Waals surface area (Å²) >= 11 is 0. The Morgan fingerprint density at radius 3 is 2.42 bits per heavy atom. The van der Waals surface area contributed by atoms with Crippen LogP contribution in [-0.4, -0.2) is 30.8 Å². The molecule has 0 saturated heterocycles. The van der Waals surface area contributed by atoms with E-state index in [4.69, 9.17) is 9.47 Å². The number of nitrogens with one attached hydrogen (secondary N) is 1. The highest BCUT2D eigenvalue weighted by atomic mass is 16.6. The van der Waals surface area contributed by atoms with E-state index in [0.29, 0.717) is 13.2 Å². The number of rotatable bonds is 5. The van der Waals surface area contributed by atoms with Crippen LogP contribution >= 0.6 is 0 Å². The van der Waals surface area contributed by atoms with Gasteiger partial charge in [0.15, 0.2) is 0 Å². The first kappa shape index (κ1) is 17.2. The maximum absolute atomic E-state index is 11.3. The van der Waals surface area contributed by atoms with E-state index in [1.54, 1.807) is 46.8 Å². The molecule has 0 aromatic rings. The van der Waals surface area contributed by atoms with Gasteiger partial charge in [0.05, 0.1) is 6.61 Å². The van der Waals surface area contributed by atoms with E-state index in [1.807, 2.05) is 0 Å². The molecule has 0 spiro atoms. The first-order chi connectivity index (χ1) is 8.74. The molecule has 0 saturated carbocycles. The fourth-order valence-electron chi connectivity index (χ4n) is 1.12. The summed E-state index contributed by atoms with van der Waals surface area (Å²) in [6, 6.07) is 0. The Hall–Kier alpha value is -1.78. The van der Waals surface area contributed by atoms with E-state index in [-0.39, 0.29) is 5.97 Å². The minimum Gasteiger partial charge on any atom is -0.463 e. The zero-order chi connectivity index (χ0) is 14.9. The monoisotopic (exact) mass is 269 g/mol. The van der Waals surface area contributed by atoms with E-state index in [9.17, 15) is 9.59 Å². The molecule has 0 heterocycles. The number of allylic oxidation sites excluding steroid dienone is 2. The van der Waals surface area contributed by atoms with Crippen LogP contribution in [0.1, 0.15) is 34.6 Å². The summed E-state index contributed by atoms with van der Waals surface area (Å²) in [5.74, 6) is -0.371. The molecule has 0 aliphatic rings. The van der Waals surface area contributed by atoms with Gasteiger partial charge in [-0.15, -0.1) is 0 Å². The van der Waals surface area contributed by atoms with Crippen molar-refractivity contribution in [1.29, 1.82) is 0 Å². The molecular weight excluding hydrogens is 246 g/mol. The topological polar surface area (TPSA) is 64.6 Å². The van der Waals surface area contributed by atoms with E-state index < -0.39 is 11.7 Å². The van der Waals surface area contributed by atoms with Gasteiger partial charge in [-0.3, -0.25) is 0 Å². The molecule has 0 atom stereocenters. The second kappa shape index (κ2) is 8.34. The largest absolute Gasteiger partial charge is 0.463 e. The minimum atomic E-state index is -0.506. The zero-order valence-electron chi connectivity index (χ0n) is 12.3. The van der Waals surface area contributed by atoms with Gasteiger partial charge >= 0.3 is 12.1 Å². The molecule has 0 aliphatic carbocycles. The van der Waals surface area contributed by atoms with Crippen LogP contribution in [0.4, 0.5) is 4.79 Å². The van der Waals surface area contributed by atoms with Crippen molar-refractivity contribution < 1.29 is 19.1 Å². The molecule has 0 aliphatic heterocycles. The Kier molecular flexibility index (Phi) is 7.56. The molecule has 0 radical (unpaired) electrons. The van der Waals surface area contributed by atoms with E-state index in [1.165, 1.54) is 6.08 Å². The zero-order valence-corrected chi connectivity index (χ0v) is 12.3. The highest BCUT2D eigenvalue weighted by Crippen LogP contribution is 2.06. The smallest absolute Gasteiger partial charge is 0.407 e. The van der Waals surface area contributed by atoms with Gasteiger partial charge in [-0.1, -0.05) is 12.2 Å². The molecule has 0 rings (SSSR count). The number of ether oxygens (including phenoxy) is 2. The van der Waals surface area contributed by atoms with Crippen molar-refractivity contribution in [3.05, 3.63) is 23.8 Å². The number of carbonyl (C=O) groups excluding carboxylic acids is 2. The summed E-state index contributed by atoms with van der Waals surface area (Å²) in [5, 5.41) is 2.58. The quantitative estimate of drug-likeness (QED) is 0.473. The van der Waals surface area contributed by atoms with Crippen molar-refractivity contribution >= 4 is 12.1 Å². The number of amides is 1. The Labute approximate surface area is 114 Å². The van der Waals surface area contributed by atoms with Gasteiger partial charge in [-0.05, 0) is 40.2 Å². The van der Waals surface area contributed by atoms with E-state index in [2.05, 4.69) is 5.32 Å². The average molecular weight is 269 g/mol. The molecule has 1 N–H and O–H groups in total. The highest BCUT2D eigenvalue weighted by Gasteiger charge is 2.14. The normalized spacial score (nSPS) is 12.4. The number of carbonyl (C=O) groups is 2. The Balaban J connectivity index is 4.03. The molecule has 19 heavy (non-hydrogen) atoms. The van der Waals surface area contributed by atoms with Crippen LogP contribution in [0.3, 0.4) is 0 Å². The Morgan fingerprint density at radius 2 is 1.89 bits per heavy atom. The molecule has 0 aromatic carbocycles. The molecule has 1 amide bonds. The number of hydrogen-bond acceptors (Lipinski definition) is 4. The molecule has 108 valence electrons. The molecule has 5 nitrogen and oxygen atoms in total. The average Bonchev–Trinajstić information content (AvgIpc) is 2.22. The SMILES string of the molecule is CCOC(=O)/C=C(C)/C=C/CNC(=O)OC(C)(C)C. The van der Waals surface area contributed by atoms with Crippen LogP contribution in [0.2, 0.25) is 0 Å². The highest BCUT2D eigenvalue weighted by molar-refractivity contribution is 5.83. The third-order valence-electron chi connectivity index (χ3n) is 1.78. The van der Waals surface area contributed by atoms with E-state index in [0.717, 1.165) is 5.57 Å². The second-order valence-electron chi connectivity index (χ2n) is 4.93. The van der Waals surface area contributed by atoms with Crippen LogP contribution in [0.25, 0.3) is 0 Å². The van der Waals surface area contributed by atoms with Gasteiger partial charge < -0.3 is 14.8 Å². The van der Waals surface area contributed by atoms with Crippen molar-refractivity contribution in [3.8, 4) is 0 Å². The van der Waals surface area contributed by atoms with Crippen molar-refractivity contribution in [3.63, 3.8) is 0 Å². The maximum atomic E-state index is 11.3. The molecule has 0 aromatic heterocycles. The van der Waals surface area contributed by atoms with Gasteiger partial charge in [0.25, 0.3) is 0 Å². The summed E-state index contributed by atoms with van der Waals surface area (Å²) in [7, 11) is 0. The second-order valence-corrected chi connectivity index (χ2v) is 4.93. The molecular formula is C14H23NO4. The first-order valence-corrected chi connectivity index (χ1v) is 6.23. The van der Waals surface area contributed by atoms with Crippen LogP contribution in [0.5, 0.6) is 0 Å². The molecule has 5 heteroatoms. The summed E-state index contributed by atoms with van der Waals surface area (Å²) in [6.07, 6.45) is 4.39. The van der Waals surface area contributed by atoms with Crippen molar-refractivity contribution in [2.24, 2.45) is 0 Å². The number of alkyl carbamates (subject to hydrolysis) is 1. The Bertz CT molecular complexity index is 364. The first-order valence-electron chi connectivity index (χ1n) is 6.23. The lowest BCUT2D eigenvalue weighted by atomic mass is 10.2. The minimum absolute atomic E-state index is 0.336. The summed E-state index contributed by atoms with van der Waals surface area (Å²) in [6.45, 7) is 9.62. The van der Waals surface area contributed by atoms with Gasteiger partial charge in [0.1, 0.15) is 5.60 Å².